The highest BCUT2D eigenvalue weighted by molar-refractivity contribution is 7.85. The molecule has 82 valence electrons. The van der Waals surface area contributed by atoms with Gasteiger partial charge in [0.2, 0.25) is 0 Å². The third-order valence-electron chi connectivity index (χ3n) is 1.64. The molecule has 0 saturated carbocycles. The highest BCUT2D eigenvalue weighted by Gasteiger charge is 2.03. The van der Waals surface area contributed by atoms with Crippen LogP contribution in [0.25, 0.3) is 0 Å². The van der Waals surface area contributed by atoms with Gasteiger partial charge in [0.1, 0.15) is 0 Å². The second-order valence-electron chi connectivity index (χ2n) is 2.97. The van der Waals surface area contributed by atoms with Gasteiger partial charge in [-0.2, -0.15) is 8.42 Å². The molecule has 0 bridgehead atoms. The first kappa shape index (κ1) is 13.1. The standard InChI is InChI=1S/C8H14O5S/c1-7(8(9)10)5-3-2-4-6-14(11,12)13/h5H,2-4,6H2,1H3,(H,9,10)(H,11,12,13)/b7-5+. The van der Waals surface area contributed by atoms with E-state index >= 15 is 0 Å². The van der Waals surface area contributed by atoms with Gasteiger partial charge in [0.15, 0.2) is 0 Å². The maximum atomic E-state index is 10.3. The van der Waals surface area contributed by atoms with Crippen molar-refractivity contribution in [3.63, 3.8) is 0 Å². The molecule has 0 saturated heterocycles. The van der Waals surface area contributed by atoms with Crippen molar-refractivity contribution in [3.05, 3.63) is 11.6 Å². The molecule has 0 spiro atoms. The number of hydrogen-bond acceptors (Lipinski definition) is 3. The van der Waals surface area contributed by atoms with Crippen LogP contribution < -0.4 is 0 Å². The predicted molar refractivity (Wildman–Crippen MR) is 51.7 cm³/mol. The molecule has 2 N–H and O–H groups in total. The molecule has 0 aliphatic carbocycles. The molecule has 6 heteroatoms. The zero-order chi connectivity index (χ0) is 11.2. The molecule has 0 aromatic heterocycles. The van der Waals surface area contributed by atoms with E-state index < -0.39 is 16.1 Å². The first-order chi connectivity index (χ1) is 6.33. The van der Waals surface area contributed by atoms with Gasteiger partial charge in [-0.15, -0.1) is 0 Å². The Morgan fingerprint density at radius 1 is 1.36 bits per heavy atom. The molecule has 0 heterocycles. The Kier molecular flexibility index (Phi) is 5.40. The van der Waals surface area contributed by atoms with Gasteiger partial charge < -0.3 is 5.11 Å². The topological polar surface area (TPSA) is 91.7 Å². The molecular formula is C8H14O5S. The van der Waals surface area contributed by atoms with Gasteiger partial charge in [0, 0.05) is 5.57 Å². The van der Waals surface area contributed by atoms with E-state index in [0.717, 1.165) is 0 Å². The minimum atomic E-state index is -3.88. The van der Waals surface area contributed by atoms with Crippen LogP contribution in [0.4, 0.5) is 0 Å². The lowest BCUT2D eigenvalue weighted by Crippen LogP contribution is -2.03. The Morgan fingerprint density at radius 2 is 1.93 bits per heavy atom. The molecule has 0 aliphatic rings. The highest BCUT2D eigenvalue weighted by Crippen LogP contribution is 2.02. The summed E-state index contributed by atoms with van der Waals surface area (Å²) in [6.07, 6.45) is 2.92. The lowest BCUT2D eigenvalue weighted by atomic mass is 10.2. The van der Waals surface area contributed by atoms with E-state index in [1.165, 1.54) is 13.0 Å². The van der Waals surface area contributed by atoms with E-state index in [-0.39, 0.29) is 11.3 Å². The highest BCUT2D eigenvalue weighted by atomic mass is 32.2. The maximum absolute atomic E-state index is 10.3. The van der Waals surface area contributed by atoms with Crippen LogP contribution in [0.5, 0.6) is 0 Å². The Hall–Kier alpha value is -0.880. The average Bonchev–Trinajstić information content (AvgIpc) is 2.01. The van der Waals surface area contributed by atoms with E-state index in [0.29, 0.717) is 19.3 Å². The van der Waals surface area contributed by atoms with Crippen LogP contribution in [0.1, 0.15) is 26.2 Å². The molecule has 0 atom stereocenters. The molecule has 0 unspecified atom stereocenters. The number of aliphatic carboxylic acids is 1. The number of carboxylic acid groups (broad SMARTS) is 1. The molecule has 0 radical (unpaired) electrons. The molecule has 0 amide bonds. The van der Waals surface area contributed by atoms with E-state index in [1.54, 1.807) is 0 Å². The summed E-state index contributed by atoms with van der Waals surface area (Å²) < 4.78 is 28.9. The van der Waals surface area contributed by atoms with E-state index in [2.05, 4.69) is 0 Å². The van der Waals surface area contributed by atoms with Crippen LogP contribution in [-0.2, 0) is 14.9 Å². The second kappa shape index (κ2) is 5.77. The second-order valence-corrected chi connectivity index (χ2v) is 4.55. The van der Waals surface area contributed by atoms with E-state index in [4.69, 9.17) is 9.66 Å². The largest absolute Gasteiger partial charge is 0.478 e. The quantitative estimate of drug-likeness (QED) is 0.398. The number of unbranched alkanes of at least 4 members (excludes halogenated alkanes) is 2. The van der Waals surface area contributed by atoms with E-state index in [9.17, 15) is 13.2 Å². The fourth-order valence-electron chi connectivity index (χ4n) is 0.835. The normalized spacial score (nSPS) is 12.9. The van der Waals surface area contributed by atoms with Gasteiger partial charge in [-0.25, -0.2) is 4.79 Å². The number of carbonyl (C=O) groups is 1. The van der Waals surface area contributed by atoms with Crippen LogP contribution in [-0.4, -0.2) is 29.8 Å². The zero-order valence-electron chi connectivity index (χ0n) is 7.93. The van der Waals surface area contributed by atoms with Gasteiger partial charge in [-0.1, -0.05) is 6.08 Å². The summed E-state index contributed by atoms with van der Waals surface area (Å²) in [6.45, 7) is 1.48. The Bertz CT molecular complexity index is 315. The molecule has 0 aliphatic heterocycles. The zero-order valence-corrected chi connectivity index (χ0v) is 8.75. The van der Waals surface area contributed by atoms with Crippen molar-refractivity contribution in [3.8, 4) is 0 Å². The first-order valence-electron chi connectivity index (χ1n) is 4.18. The minimum absolute atomic E-state index is 0.247. The molecule has 0 aromatic carbocycles. The maximum Gasteiger partial charge on any atom is 0.330 e. The molecule has 0 fully saturated rings. The molecule has 5 nitrogen and oxygen atoms in total. The van der Waals surface area contributed by atoms with Crippen LogP contribution in [0.15, 0.2) is 11.6 Å². The fraction of sp³-hybridized carbons (Fsp3) is 0.625. The number of hydrogen-bond donors (Lipinski definition) is 2. The van der Waals surface area contributed by atoms with Gasteiger partial charge in [0.25, 0.3) is 10.1 Å². The van der Waals surface area contributed by atoms with Crippen molar-refractivity contribution in [2.45, 2.75) is 26.2 Å². The summed E-state index contributed by atoms with van der Waals surface area (Å²) in [6, 6.07) is 0. The molecule has 0 rings (SSSR count). The van der Waals surface area contributed by atoms with Crippen molar-refractivity contribution in [2.24, 2.45) is 0 Å². The van der Waals surface area contributed by atoms with Crippen molar-refractivity contribution in [1.82, 2.24) is 0 Å². The van der Waals surface area contributed by atoms with Crippen LogP contribution in [0, 0.1) is 0 Å². The number of allylic oxidation sites excluding steroid dienone is 1. The van der Waals surface area contributed by atoms with Crippen molar-refractivity contribution in [2.75, 3.05) is 5.75 Å². The SMILES string of the molecule is C/C(=C\CCCCS(=O)(=O)O)C(=O)O. The van der Waals surface area contributed by atoms with Gasteiger partial charge >= 0.3 is 5.97 Å². The third-order valence-corrected chi connectivity index (χ3v) is 2.45. The summed E-state index contributed by atoms with van der Waals surface area (Å²) in [4.78, 5) is 10.3. The molecular weight excluding hydrogens is 208 g/mol. The Balaban J connectivity index is 3.67. The van der Waals surface area contributed by atoms with E-state index in [1.807, 2.05) is 0 Å². The average molecular weight is 222 g/mol. The number of rotatable bonds is 6. The predicted octanol–water partition coefficient (Wildman–Crippen LogP) is 1.08. The van der Waals surface area contributed by atoms with Crippen LogP contribution in [0.3, 0.4) is 0 Å². The first-order valence-corrected chi connectivity index (χ1v) is 5.79. The van der Waals surface area contributed by atoms with Crippen LogP contribution >= 0.6 is 0 Å². The Labute approximate surface area is 83.2 Å². The minimum Gasteiger partial charge on any atom is -0.478 e. The summed E-state index contributed by atoms with van der Waals surface area (Å²) in [5.74, 6) is -1.24. The molecule has 14 heavy (non-hydrogen) atoms. The van der Waals surface area contributed by atoms with Crippen LogP contribution in [0.2, 0.25) is 0 Å². The van der Waals surface area contributed by atoms with Crippen molar-refractivity contribution < 1.29 is 22.9 Å². The Morgan fingerprint density at radius 3 is 2.36 bits per heavy atom. The lowest BCUT2D eigenvalue weighted by Gasteiger charge is -1.96. The summed E-state index contributed by atoms with van der Waals surface area (Å²) >= 11 is 0. The lowest BCUT2D eigenvalue weighted by molar-refractivity contribution is -0.132. The van der Waals surface area contributed by atoms with Crippen molar-refractivity contribution >= 4 is 16.1 Å². The third kappa shape index (κ3) is 7.75. The summed E-state index contributed by atoms with van der Waals surface area (Å²) in [5.41, 5.74) is 0.247. The number of carboxylic acids is 1. The van der Waals surface area contributed by atoms with Gasteiger partial charge in [-0.3, -0.25) is 4.55 Å². The van der Waals surface area contributed by atoms with Gasteiger partial charge in [0.05, 0.1) is 5.75 Å². The van der Waals surface area contributed by atoms with Crippen molar-refractivity contribution in [1.29, 1.82) is 0 Å². The fourth-order valence-corrected chi connectivity index (χ4v) is 1.40. The molecule has 0 aromatic rings. The summed E-state index contributed by atoms with van der Waals surface area (Å²) in [7, 11) is -3.88. The smallest absolute Gasteiger partial charge is 0.330 e. The van der Waals surface area contributed by atoms with Gasteiger partial charge in [-0.05, 0) is 26.2 Å². The summed E-state index contributed by atoms with van der Waals surface area (Å²) in [5, 5.41) is 8.46. The monoisotopic (exact) mass is 222 g/mol.